The molecule has 0 saturated heterocycles. The van der Waals surface area contributed by atoms with Crippen molar-refractivity contribution >= 4 is 72.4 Å². The van der Waals surface area contributed by atoms with Crippen LogP contribution in [0.25, 0.3) is 88.4 Å². The summed E-state index contributed by atoms with van der Waals surface area (Å²) in [6.07, 6.45) is 0. The summed E-state index contributed by atoms with van der Waals surface area (Å²) in [4.78, 5) is 0. The molecule has 2 aromatic heterocycles. The number of hydrogen-bond acceptors (Lipinski definition) is 0. The van der Waals surface area contributed by atoms with Crippen LogP contribution in [0.5, 0.6) is 0 Å². The number of fused-ring (bicyclic) bond motifs is 6. The van der Waals surface area contributed by atoms with Gasteiger partial charge in [-0.2, -0.15) is 0 Å². The van der Waals surface area contributed by atoms with Crippen LogP contribution in [0.2, 0.25) is 0 Å². The summed E-state index contributed by atoms with van der Waals surface area (Å²) in [5.41, 5.74) is 14.2. The van der Waals surface area contributed by atoms with Crippen LogP contribution in [0, 0.1) is 0 Å². The van der Waals surface area contributed by atoms with Gasteiger partial charge in [-0.1, -0.05) is 243 Å². The highest BCUT2D eigenvalue weighted by atomic mass is 28.3. The lowest BCUT2D eigenvalue weighted by Crippen LogP contribution is -2.74. The zero-order chi connectivity index (χ0) is 45.7. The molecule has 2 heterocycles. The molecule has 0 amide bonds. The van der Waals surface area contributed by atoms with E-state index in [-0.39, 0.29) is 0 Å². The summed E-state index contributed by atoms with van der Waals surface area (Å²) in [6.45, 7) is 0. The van der Waals surface area contributed by atoms with Crippen LogP contribution in [0.3, 0.4) is 0 Å². The normalized spacial score (nSPS) is 11.8. The average molecular weight is 895 g/mol. The first kappa shape index (κ1) is 40.5. The second-order valence-corrected chi connectivity index (χ2v) is 21.8. The number of hydrogen-bond donors (Lipinski definition) is 0. The Labute approximate surface area is 403 Å². The lowest BCUT2D eigenvalue weighted by molar-refractivity contribution is 1.18. The standard InChI is InChI=1S/C66H46N2Si/c1-7-24-47(25-8-1)59-45-54(69(51-30-13-4-14-31-51,52-32-15-5-16-33-52)53-34-17-6-18-35-53)46-60(48-26-9-2-10-27-48)66(59)68-63-41-22-20-37-57(63)61-44-49(42-43-64(61)68)55-38-23-39-58-56-36-19-21-40-62(56)67(65(55)58)50-28-11-3-12-29-50/h1-46H. The van der Waals surface area contributed by atoms with Crippen LogP contribution in [-0.4, -0.2) is 17.2 Å². The van der Waals surface area contributed by atoms with Crippen molar-refractivity contribution in [1.29, 1.82) is 0 Å². The highest BCUT2D eigenvalue weighted by Gasteiger charge is 2.42. The van der Waals surface area contributed by atoms with Gasteiger partial charge in [0.25, 0.3) is 0 Å². The maximum atomic E-state index is 2.56. The molecule has 0 bridgehead atoms. The van der Waals surface area contributed by atoms with Crippen molar-refractivity contribution in [2.24, 2.45) is 0 Å². The van der Waals surface area contributed by atoms with Gasteiger partial charge in [0, 0.05) is 43.9 Å². The van der Waals surface area contributed by atoms with Gasteiger partial charge in [-0.15, -0.1) is 0 Å². The van der Waals surface area contributed by atoms with Crippen LogP contribution in [0.4, 0.5) is 0 Å². The fourth-order valence-electron chi connectivity index (χ4n) is 11.3. The topological polar surface area (TPSA) is 9.86 Å². The Bertz CT molecular complexity index is 3820. The lowest BCUT2D eigenvalue weighted by Gasteiger charge is -2.36. The van der Waals surface area contributed by atoms with Crippen LogP contribution in [0.15, 0.2) is 279 Å². The van der Waals surface area contributed by atoms with Crippen molar-refractivity contribution in [3.8, 4) is 44.8 Å². The Hall–Kier alpha value is -8.76. The summed E-state index contributed by atoms with van der Waals surface area (Å²) in [7, 11) is -2.96. The van der Waals surface area contributed by atoms with Gasteiger partial charge in [-0.3, -0.25) is 0 Å². The minimum absolute atomic E-state index is 1.15. The molecule has 0 N–H and O–H groups in total. The summed E-state index contributed by atoms with van der Waals surface area (Å²) in [5, 5.41) is 10.3. The number of para-hydroxylation sites is 4. The minimum Gasteiger partial charge on any atom is -0.309 e. The molecule has 0 saturated carbocycles. The minimum atomic E-state index is -2.96. The third-order valence-corrected chi connectivity index (χ3v) is 19.0. The predicted molar refractivity (Wildman–Crippen MR) is 295 cm³/mol. The van der Waals surface area contributed by atoms with Crippen molar-refractivity contribution in [2.75, 3.05) is 0 Å². The Morgan fingerprint density at radius 2 is 0.667 bits per heavy atom. The fourth-order valence-corrected chi connectivity index (χ4v) is 16.1. The fraction of sp³-hybridized carbons (Fsp3) is 0. The first-order valence-corrected chi connectivity index (χ1v) is 25.8. The molecule has 0 aliphatic rings. The van der Waals surface area contributed by atoms with Crippen molar-refractivity contribution in [3.63, 3.8) is 0 Å². The number of benzene rings is 11. The van der Waals surface area contributed by atoms with Gasteiger partial charge >= 0.3 is 0 Å². The third kappa shape index (κ3) is 6.54. The Morgan fingerprint density at radius 1 is 0.246 bits per heavy atom. The summed E-state index contributed by atoms with van der Waals surface area (Å²) in [6, 6.07) is 104. The summed E-state index contributed by atoms with van der Waals surface area (Å²) >= 11 is 0. The van der Waals surface area contributed by atoms with E-state index in [9.17, 15) is 0 Å². The van der Waals surface area contributed by atoms with Gasteiger partial charge in [-0.25, -0.2) is 0 Å². The third-order valence-electron chi connectivity index (χ3n) is 14.2. The Balaban J connectivity index is 1.14. The summed E-state index contributed by atoms with van der Waals surface area (Å²) < 4.78 is 5.00. The molecule has 0 unspecified atom stereocenters. The average Bonchev–Trinajstić information content (AvgIpc) is 3.95. The van der Waals surface area contributed by atoms with Gasteiger partial charge in [-0.05, 0) is 73.8 Å². The highest BCUT2D eigenvalue weighted by Crippen LogP contribution is 2.44. The zero-order valence-electron chi connectivity index (χ0n) is 38.0. The van der Waals surface area contributed by atoms with E-state index in [1.165, 1.54) is 97.9 Å². The maximum absolute atomic E-state index is 2.96. The number of rotatable bonds is 9. The quantitative estimate of drug-likeness (QED) is 0.101. The maximum Gasteiger partial charge on any atom is 0.179 e. The Kier molecular flexibility index (Phi) is 9.88. The molecule has 0 atom stereocenters. The van der Waals surface area contributed by atoms with E-state index in [2.05, 4.69) is 288 Å². The van der Waals surface area contributed by atoms with Gasteiger partial charge in [0.1, 0.15) is 0 Å². The van der Waals surface area contributed by atoms with Gasteiger partial charge < -0.3 is 9.13 Å². The first-order valence-electron chi connectivity index (χ1n) is 23.8. The monoisotopic (exact) mass is 894 g/mol. The second-order valence-electron chi connectivity index (χ2n) is 18.0. The molecule has 13 aromatic rings. The summed E-state index contributed by atoms with van der Waals surface area (Å²) in [5.74, 6) is 0. The molecule has 0 aliphatic heterocycles. The molecule has 69 heavy (non-hydrogen) atoms. The zero-order valence-corrected chi connectivity index (χ0v) is 39.0. The van der Waals surface area contributed by atoms with E-state index in [1.54, 1.807) is 0 Å². The molecule has 3 heteroatoms. The van der Waals surface area contributed by atoms with Crippen LogP contribution in [-0.2, 0) is 0 Å². The Morgan fingerprint density at radius 3 is 1.20 bits per heavy atom. The first-order chi connectivity index (χ1) is 34.3. The number of nitrogens with zero attached hydrogens (tertiary/aromatic N) is 2. The SMILES string of the molecule is c1ccc(-c2cc([Si](c3ccccc3)(c3ccccc3)c3ccccc3)cc(-c3ccccc3)c2-n2c3ccccc3c3cc(-c4cccc5c6ccccc6n(-c6ccccc6)c45)ccc32)cc1. The second kappa shape index (κ2) is 16.8. The van der Waals surface area contributed by atoms with Gasteiger partial charge in [0.2, 0.25) is 0 Å². The van der Waals surface area contributed by atoms with E-state index in [1.807, 2.05) is 0 Å². The van der Waals surface area contributed by atoms with Crippen LogP contribution in [0.1, 0.15) is 0 Å². The van der Waals surface area contributed by atoms with E-state index in [0.29, 0.717) is 0 Å². The van der Waals surface area contributed by atoms with Crippen molar-refractivity contribution in [3.05, 3.63) is 279 Å². The molecular weight excluding hydrogens is 849 g/mol. The van der Waals surface area contributed by atoms with Gasteiger partial charge in [0.05, 0.1) is 27.8 Å². The molecule has 324 valence electrons. The number of aromatic nitrogens is 2. The van der Waals surface area contributed by atoms with Crippen molar-refractivity contribution in [1.82, 2.24) is 9.13 Å². The molecule has 0 spiro atoms. The van der Waals surface area contributed by atoms with Crippen molar-refractivity contribution in [2.45, 2.75) is 0 Å². The molecule has 0 fully saturated rings. The van der Waals surface area contributed by atoms with Crippen molar-refractivity contribution < 1.29 is 0 Å². The molecule has 2 nitrogen and oxygen atoms in total. The molecule has 0 aliphatic carbocycles. The van der Waals surface area contributed by atoms with Gasteiger partial charge in [0.15, 0.2) is 8.07 Å². The molecule has 13 rings (SSSR count). The van der Waals surface area contributed by atoms with Crippen LogP contribution < -0.4 is 20.7 Å². The predicted octanol–water partition coefficient (Wildman–Crippen LogP) is 14.3. The molecule has 0 radical (unpaired) electrons. The van der Waals surface area contributed by atoms with E-state index in [0.717, 1.165) is 11.2 Å². The molecular formula is C66H46N2Si. The highest BCUT2D eigenvalue weighted by molar-refractivity contribution is 7.20. The van der Waals surface area contributed by atoms with E-state index < -0.39 is 8.07 Å². The lowest BCUT2D eigenvalue weighted by atomic mass is 9.95. The van der Waals surface area contributed by atoms with E-state index >= 15 is 0 Å². The van der Waals surface area contributed by atoms with Crippen LogP contribution >= 0.6 is 0 Å². The largest absolute Gasteiger partial charge is 0.309 e. The van der Waals surface area contributed by atoms with E-state index in [4.69, 9.17) is 0 Å². The smallest absolute Gasteiger partial charge is 0.179 e. The molecule has 11 aromatic carbocycles.